The molecule has 0 bridgehead atoms. The van der Waals surface area contributed by atoms with Crippen LogP contribution in [0.5, 0.6) is 0 Å². The molecule has 0 fully saturated rings. The van der Waals surface area contributed by atoms with Crippen LogP contribution in [0.3, 0.4) is 0 Å². The van der Waals surface area contributed by atoms with E-state index in [-0.39, 0.29) is 11.0 Å². The van der Waals surface area contributed by atoms with Crippen LogP contribution in [0.15, 0.2) is 0 Å². The van der Waals surface area contributed by atoms with Crippen LogP contribution in [0, 0.1) is 5.41 Å². The molecule has 1 atom stereocenters. The van der Waals surface area contributed by atoms with Crippen molar-refractivity contribution in [3.8, 4) is 0 Å². The van der Waals surface area contributed by atoms with Crippen molar-refractivity contribution < 1.29 is 0 Å². The average Bonchev–Trinajstić information content (AvgIpc) is 1.56. The van der Waals surface area contributed by atoms with Gasteiger partial charge in [-0.2, -0.15) is 12.6 Å². The van der Waals surface area contributed by atoms with E-state index in [4.69, 9.17) is 5.73 Å². The van der Waals surface area contributed by atoms with Crippen molar-refractivity contribution in [2.75, 3.05) is 0 Å². The molecule has 0 rings (SSSR count). The van der Waals surface area contributed by atoms with Crippen molar-refractivity contribution in [3.05, 3.63) is 0 Å². The summed E-state index contributed by atoms with van der Waals surface area (Å²) in [6, 6.07) is 0. The zero-order valence-corrected chi connectivity index (χ0v) is 9.20. The van der Waals surface area contributed by atoms with E-state index in [9.17, 15) is 0 Å². The highest BCUT2D eigenvalue weighted by Crippen LogP contribution is 2.32. The Labute approximate surface area is 76.2 Å². The second-order valence-electron chi connectivity index (χ2n) is 4.83. The lowest BCUT2D eigenvalue weighted by Gasteiger charge is -2.35. The van der Waals surface area contributed by atoms with E-state index in [0.29, 0.717) is 5.25 Å². The monoisotopic (exact) mass is 175 g/mol. The van der Waals surface area contributed by atoms with E-state index in [0.717, 1.165) is 6.42 Å². The molecular weight excluding hydrogens is 154 g/mol. The van der Waals surface area contributed by atoms with Gasteiger partial charge in [-0.15, -0.1) is 0 Å². The van der Waals surface area contributed by atoms with E-state index >= 15 is 0 Å². The summed E-state index contributed by atoms with van der Waals surface area (Å²) in [4.78, 5) is 0. The van der Waals surface area contributed by atoms with Gasteiger partial charge in [0, 0.05) is 10.8 Å². The summed E-state index contributed by atoms with van der Waals surface area (Å²) in [5.74, 6) is 0. The molecule has 0 saturated carbocycles. The van der Waals surface area contributed by atoms with Gasteiger partial charge < -0.3 is 5.73 Å². The number of hydrogen-bond donors (Lipinski definition) is 2. The van der Waals surface area contributed by atoms with Gasteiger partial charge in [-0.1, -0.05) is 20.8 Å². The molecule has 11 heavy (non-hydrogen) atoms. The molecule has 0 aromatic carbocycles. The zero-order valence-electron chi connectivity index (χ0n) is 8.31. The SMILES string of the molecule is CC(S)C(C)(C)CC(C)(C)N. The van der Waals surface area contributed by atoms with Crippen LogP contribution >= 0.6 is 12.6 Å². The Bertz CT molecular complexity index is 122. The summed E-state index contributed by atoms with van der Waals surface area (Å²) < 4.78 is 0. The lowest BCUT2D eigenvalue weighted by atomic mass is 9.78. The standard InChI is InChI=1S/C9H21NS/c1-7(11)8(2,3)6-9(4,5)10/h7,11H,6,10H2,1-5H3. The van der Waals surface area contributed by atoms with Crippen molar-refractivity contribution in [2.45, 2.75) is 51.8 Å². The van der Waals surface area contributed by atoms with Crippen LogP contribution in [0.25, 0.3) is 0 Å². The summed E-state index contributed by atoms with van der Waals surface area (Å²) >= 11 is 4.43. The Morgan fingerprint density at radius 2 is 1.64 bits per heavy atom. The highest BCUT2D eigenvalue weighted by Gasteiger charge is 2.28. The minimum Gasteiger partial charge on any atom is -0.326 e. The Hall–Kier alpha value is 0.310. The van der Waals surface area contributed by atoms with E-state index in [1.165, 1.54) is 0 Å². The van der Waals surface area contributed by atoms with Crippen LogP contribution in [-0.4, -0.2) is 10.8 Å². The first kappa shape index (κ1) is 11.3. The normalized spacial score (nSPS) is 16.6. The third kappa shape index (κ3) is 4.70. The molecule has 1 unspecified atom stereocenters. The predicted molar refractivity (Wildman–Crippen MR) is 55.1 cm³/mol. The largest absolute Gasteiger partial charge is 0.326 e. The van der Waals surface area contributed by atoms with Gasteiger partial charge in [0.05, 0.1) is 0 Å². The molecule has 2 heteroatoms. The maximum atomic E-state index is 5.93. The second-order valence-corrected chi connectivity index (χ2v) is 5.60. The third-order valence-electron chi connectivity index (χ3n) is 2.04. The van der Waals surface area contributed by atoms with Gasteiger partial charge in [-0.3, -0.25) is 0 Å². The molecule has 0 saturated heterocycles. The van der Waals surface area contributed by atoms with Crippen molar-refractivity contribution in [2.24, 2.45) is 11.1 Å². The molecule has 2 N–H and O–H groups in total. The van der Waals surface area contributed by atoms with Gasteiger partial charge in [0.2, 0.25) is 0 Å². The molecule has 0 aliphatic carbocycles. The maximum absolute atomic E-state index is 5.93. The second kappa shape index (κ2) is 3.36. The van der Waals surface area contributed by atoms with Gasteiger partial charge in [0.1, 0.15) is 0 Å². The Kier molecular flexibility index (Phi) is 3.45. The van der Waals surface area contributed by atoms with Gasteiger partial charge in [0.25, 0.3) is 0 Å². The number of nitrogens with two attached hydrogens (primary N) is 1. The Morgan fingerprint density at radius 1 is 1.27 bits per heavy atom. The third-order valence-corrected chi connectivity index (χ3v) is 2.74. The van der Waals surface area contributed by atoms with Crippen molar-refractivity contribution >= 4 is 12.6 Å². The van der Waals surface area contributed by atoms with Crippen LogP contribution in [0.1, 0.15) is 41.0 Å². The lowest BCUT2D eigenvalue weighted by molar-refractivity contribution is 0.259. The summed E-state index contributed by atoms with van der Waals surface area (Å²) in [5.41, 5.74) is 6.07. The van der Waals surface area contributed by atoms with Crippen molar-refractivity contribution in [1.82, 2.24) is 0 Å². The molecule has 0 spiro atoms. The summed E-state index contributed by atoms with van der Waals surface area (Å²) in [7, 11) is 0. The molecular formula is C9H21NS. The van der Waals surface area contributed by atoms with E-state index in [1.807, 2.05) is 0 Å². The predicted octanol–water partition coefficient (Wildman–Crippen LogP) is 2.46. The first-order valence-corrected chi connectivity index (χ1v) is 4.64. The lowest BCUT2D eigenvalue weighted by Crippen LogP contribution is -2.40. The van der Waals surface area contributed by atoms with E-state index in [2.05, 4.69) is 47.2 Å². The fourth-order valence-electron chi connectivity index (χ4n) is 1.32. The quantitative estimate of drug-likeness (QED) is 0.633. The average molecular weight is 175 g/mol. The number of rotatable bonds is 3. The molecule has 0 amide bonds. The van der Waals surface area contributed by atoms with Crippen molar-refractivity contribution in [1.29, 1.82) is 0 Å². The molecule has 1 nitrogen and oxygen atoms in total. The van der Waals surface area contributed by atoms with Crippen LogP contribution in [0.2, 0.25) is 0 Å². The molecule has 0 aromatic rings. The molecule has 0 aliphatic heterocycles. The van der Waals surface area contributed by atoms with E-state index in [1.54, 1.807) is 0 Å². The van der Waals surface area contributed by atoms with Gasteiger partial charge >= 0.3 is 0 Å². The van der Waals surface area contributed by atoms with E-state index < -0.39 is 0 Å². The first-order chi connectivity index (χ1) is 4.65. The maximum Gasteiger partial charge on any atom is 0.0102 e. The highest BCUT2D eigenvalue weighted by atomic mass is 32.1. The molecule has 0 radical (unpaired) electrons. The smallest absolute Gasteiger partial charge is 0.0102 e. The Balaban J connectivity index is 4.13. The van der Waals surface area contributed by atoms with Gasteiger partial charge in [0.15, 0.2) is 0 Å². The molecule has 0 aromatic heterocycles. The van der Waals surface area contributed by atoms with Crippen molar-refractivity contribution in [3.63, 3.8) is 0 Å². The topological polar surface area (TPSA) is 26.0 Å². The zero-order chi connectivity index (χ0) is 9.28. The van der Waals surface area contributed by atoms with Crippen LogP contribution in [0.4, 0.5) is 0 Å². The number of hydrogen-bond acceptors (Lipinski definition) is 2. The highest BCUT2D eigenvalue weighted by molar-refractivity contribution is 7.81. The fourth-order valence-corrected chi connectivity index (χ4v) is 1.41. The Morgan fingerprint density at radius 3 is 1.73 bits per heavy atom. The number of thiol groups is 1. The molecule has 0 aliphatic rings. The minimum atomic E-state index is -0.0828. The summed E-state index contributed by atoms with van der Waals surface area (Å²) in [6.07, 6.45) is 1.00. The summed E-state index contributed by atoms with van der Waals surface area (Å²) in [5, 5.41) is 0.394. The first-order valence-electron chi connectivity index (χ1n) is 4.12. The minimum absolute atomic E-state index is 0.0828. The summed E-state index contributed by atoms with van der Waals surface area (Å²) in [6.45, 7) is 10.7. The van der Waals surface area contributed by atoms with Crippen LogP contribution < -0.4 is 5.73 Å². The molecule has 0 heterocycles. The van der Waals surface area contributed by atoms with Crippen LogP contribution in [-0.2, 0) is 0 Å². The van der Waals surface area contributed by atoms with Gasteiger partial charge in [-0.25, -0.2) is 0 Å². The molecule has 68 valence electrons. The fraction of sp³-hybridized carbons (Fsp3) is 1.00. The van der Waals surface area contributed by atoms with Gasteiger partial charge in [-0.05, 0) is 25.7 Å².